The highest BCUT2D eigenvalue weighted by Crippen LogP contribution is 2.25. The van der Waals surface area contributed by atoms with Crippen LogP contribution >= 0.6 is 0 Å². The number of likely N-dealkylation sites (tertiary alicyclic amines) is 1. The van der Waals surface area contributed by atoms with Crippen molar-refractivity contribution < 1.29 is 19.2 Å². The molecule has 1 N–H and O–H groups in total. The lowest BCUT2D eigenvalue weighted by atomic mass is 9.90. The summed E-state index contributed by atoms with van der Waals surface area (Å²) >= 11 is 0. The maximum absolute atomic E-state index is 12.9. The molecule has 2 rings (SSSR count). The van der Waals surface area contributed by atoms with Crippen molar-refractivity contribution in [3.63, 3.8) is 0 Å². The highest BCUT2D eigenvalue weighted by molar-refractivity contribution is 6.35. The first-order valence-electron chi connectivity index (χ1n) is 10.2. The van der Waals surface area contributed by atoms with Crippen molar-refractivity contribution in [2.45, 2.75) is 53.5 Å². The number of piperazine rings is 1. The van der Waals surface area contributed by atoms with Crippen LogP contribution in [-0.2, 0) is 19.2 Å². The molecule has 8 heteroatoms. The minimum atomic E-state index is -0.599. The molecule has 2 fully saturated rings. The van der Waals surface area contributed by atoms with E-state index in [1.54, 1.807) is 18.7 Å². The Labute approximate surface area is 167 Å². The average Bonchev–Trinajstić information content (AvgIpc) is 2.65. The van der Waals surface area contributed by atoms with E-state index in [-0.39, 0.29) is 23.8 Å². The summed E-state index contributed by atoms with van der Waals surface area (Å²) in [6, 6.07) is -0.0932. The van der Waals surface area contributed by atoms with Crippen LogP contribution in [0.3, 0.4) is 0 Å². The van der Waals surface area contributed by atoms with Crippen LogP contribution in [-0.4, -0.2) is 83.6 Å². The summed E-state index contributed by atoms with van der Waals surface area (Å²) < 4.78 is 0. The number of piperidine rings is 1. The third-order valence-corrected chi connectivity index (χ3v) is 5.19. The van der Waals surface area contributed by atoms with Gasteiger partial charge in [0.2, 0.25) is 11.8 Å². The maximum atomic E-state index is 12.9. The third kappa shape index (κ3) is 5.45. The van der Waals surface area contributed by atoms with Crippen LogP contribution in [0.5, 0.6) is 0 Å². The number of nitrogens with one attached hydrogen (secondary N) is 1. The second-order valence-electron chi connectivity index (χ2n) is 9.09. The maximum Gasteiger partial charge on any atom is 0.312 e. The van der Waals surface area contributed by atoms with Crippen molar-refractivity contribution in [2.75, 3.05) is 39.3 Å². The quantitative estimate of drug-likeness (QED) is 0.690. The van der Waals surface area contributed by atoms with E-state index in [9.17, 15) is 19.2 Å². The van der Waals surface area contributed by atoms with Crippen molar-refractivity contribution in [3.8, 4) is 0 Å². The van der Waals surface area contributed by atoms with Gasteiger partial charge in [-0.3, -0.25) is 19.2 Å². The molecule has 0 aromatic rings. The zero-order chi connectivity index (χ0) is 21.1. The van der Waals surface area contributed by atoms with Crippen LogP contribution in [0, 0.1) is 11.3 Å². The fourth-order valence-corrected chi connectivity index (χ4v) is 3.69. The summed E-state index contributed by atoms with van der Waals surface area (Å²) in [5, 5.41) is 2.60. The van der Waals surface area contributed by atoms with Gasteiger partial charge in [-0.1, -0.05) is 20.8 Å². The van der Waals surface area contributed by atoms with Gasteiger partial charge < -0.3 is 20.0 Å². The molecule has 0 bridgehead atoms. The molecule has 1 unspecified atom stereocenters. The number of carbonyl (C=O) groups excluding carboxylic acids is 4. The van der Waals surface area contributed by atoms with E-state index in [1.165, 1.54) is 4.90 Å². The number of nitrogens with zero attached hydrogens (tertiary/aromatic N) is 3. The van der Waals surface area contributed by atoms with Crippen molar-refractivity contribution in [1.82, 2.24) is 20.0 Å². The molecule has 0 saturated carbocycles. The Morgan fingerprint density at radius 1 is 0.893 bits per heavy atom. The van der Waals surface area contributed by atoms with Crippen molar-refractivity contribution in [2.24, 2.45) is 11.3 Å². The number of carbonyl (C=O) groups is 4. The van der Waals surface area contributed by atoms with Gasteiger partial charge in [0.15, 0.2) is 0 Å². The fraction of sp³-hybridized carbons (Fsp3) is 0.800. The third-order valence-electron chi connectivity index (χ3n) is 5.19. The smallest absolute Gasteiger partial charge is 0.312 e. The second kappa shape index (κ2) is 8.92. The SMILES string of the molecule is CC(C)NC(=O)C(=O)N1CCN(C(=O)C2CCCN(C(=O)C(C)(C)C)C2)CC1. The molecule has 28 heavy (non-hydrogen) atoms. The predicted molar refractivity (Wildman–Crippen MR) is 105 cm³/mol. The van der Waals surface area contributed by atoms with Crippen molar-refractivity contribution in [1.29, 1.82) is 0 Å². The van der Waals surface area contributed by atoms with Crippen molar-refractivity contribution in [3.05, 3.63) is 0 Å². The number of hydrogen-bond acceptors (Lipinski definition) is 4. The Balaban J connectivity index is 1.88. The molecule has 8 nitrogen and oxygen atoms in total. The average molecular weight is 395 g/mol. The van der Waals surface area contributed by atoms with Crippen LogP contribution < -0.4 is 5.32 Å². The molecule has 0 aromatic heterocycles. The summed E-state index contributed by atoms with van der Waals surface area (Å²) in [5.74, 6) is -1.20. The molecule has 2 aliphatic rings. The summed E-state index contributed by atoms with van der Waals surface area (Å²) in [6.07, 6.45) is 1.61. The molecule has 1 atom stereocenters. The summed E-state index contributed by atoms with van der Waals surface area (Å²) in [6.45, 7) is 12.0. The van der Waals surface area contributed by atoms with Gasteiger partial charge in [0.1, 0.15) is 0 Å². The zero-order valence-corrected chi connectivity index (χ0v) is 17.8. The lowest BCUT2D eigenvalue weighted by Crippen LogP contribution is -2.56. The molecule has 2 heterocycles. The largest absolute Gasteiger partial charge is 0.346 e. The highest BCUT2D eigenvalue weighted by Gasteiger charge is 2.36. The van der Waals surface area contributed by atoms with Gasteiger partial charge in [0.25, 0.3) is 0 Å². The number of hydrogen-bond donors (Lipinski definition) is 1. The van der Waals surface area contributed by atoms with Gasteiger partial charge in [-0.25, -0.2) is 0 Å². The minimum Gasteiger partial charge on any atom is -0.346 e. The Bertz CT molecular complexity index is 618. The Morgan fingerprint density at radius 3 is 2.00 bits per heavy atom. The number of amides is 4. The van der Waals surface area contributed by atoms with Gasteiger partial charge in [0, 0.05) is 50.7 Å². The van der Waals surface area contributed by atoms with E-state index in [0.29, 0.717) is 39.3 Å². The predicted octanol–water partition coefficient (Wildman–Crippen LogP) is 0.467. The molecule has 4 amide bonds. The van der Waals surface area contributed by atoms with Crippen LogP contribution in [0.15, 0.2) is 0 Å². The van der Waals surface area contributed by atoms with Crippen LogP contribution in [0.4, 0.5) is 0 Å². The molecular formula is C20H34N4O4. The molecule has 158 valence electrons. The zero-order valence-electron chi connectivity index (χ0n) is 17.8. The standard InChI is InChI=1S/C20H34N4O4/c1-14(2)21-16(25)18(27)23-11-9-22(10-12-23)17(26)15-7-6-8-24(13-15)19(28)20(3,4)5/h14-15H,6-13H2,1-5H3,(H,21,25). The molecule has 0 radical (unpaired) electrons. The van der Waals surface area contributed by atoms with E-state index in [2.05, 4.69) is 5.32 Å². The Hall–Kier alpha value is -2.12. The van der Waals surface area contributed by atoms with Gasteiger partial charge in [-0.05, 0) is 26.7 Å². The molecule has 0 aromatic carbocycles. The molecule has 2 aliphatic heterocycles. The monoisotopic (exact) mass is 394 g/mol. The first-order valence-corrected chi connectivity index (χ1v) is 10.2. The van der Waals surface area contributed by atoms with Gasteiger partial charge >= 0.3 is 11.8 Å². The van der Waals surface area contributed by atoms with Gasteiger partial charge in [0.05, 0.1) is 5.92 Å². The minimum absolute atomic E-state index is 0.0464. The van der Waals surface area contributed by atoms with E-state index in [4.69, 9.17) is 0 Å². The van der Waals surface area contributed by atoms with Crippen molar-refractivity contribution >= 4 is 23.6 Å². The van der Waals surface area contributed by atoms with E-state index in [1.807, 2.05) is 25.7 Å². The topological polar surface area (TPSA) is 90.0 Å². The molecule has 0 aliphatic carbocycles. The summed E-state index contributed by atoms with van der Waals surface area (Å²) in [7, 11) is 0. The lowest BCUT2D eigenvalue weighted by Gasteiger charge is -2.40. The normalized spacial score (nSPS) is 20.9. The second-order valence-corrected chi connectivity index (χ2v) is 9.09. The Kier molecular flexibility index (Phi) is 7.06. The lowest BCUT2D eigenvalue weighted by molar-refractivity contribution is -0.150. The molecular weight excluding hydrogens is 360 g/mol. The Morgan fingerprint density at radius 2 is 1.46 bits per heavy atom. The van der Waals surface area contributed by atoms with E-state index < -0.39 is 17.2 Å². The first kappa shape index (κ1) is 22.2. The highest BCUT2D eigenvalue weighted by atomic mass is 16.2. The van der Waals surface area contributed by atoms with Crippen LogP contribution in [0.2, 0.25) is 0 Å². The summed E-state index contributed by atoms with van der Waals surface area (Å²) in [4.78, 5) is 54.6. The van der Waals surface area contributed by atoms with Crippen LogP contribution in [0.25, 0.3) is 0 Å². The summed E-state index contributed by atoms with van der Waals surface area (Å²) in [5.41, 5.74) is -0.451. The fourth-order valence-electron chi connectivity index (χ4n) is 3.69. The van der Waals surface area contributed by atoms with Gasteiger partial charge in [-0.15, -0.1) is 0 Å². The molecule has 0 spiro atoms. The van der Waals surface area contributed by atoms with E-state index >= 15 is 0 Å². The first-order chi connectivity index (χ1) is 13.0. The van der Waals surface area contributed by atoms with Gasteiger partial charge in [-0.2, -0.15) is 0 Å². The number of rotatable bonds is 2. The molecule has 2 saturated heterocycles. The van der Waals surface area contributed by atoms with E-state index in [0.717, 1.165) is 12.8 Å². The van der Waals surface area contributed by atoms with Crippen LogP contribution in [0.1, 0.15) is 47.5 Å².